The second-order valence-corrected chi connectivity index (χ2v) is 7.58. The van der Waals surface area contributed by atoms with Crippen LogP contribution in [0, 0.1) is 5.92 Å². The quantitative estimate of drug-likeness (QED) is 0.886. The first-order valence-electron chi connectivity index (χ1n) is 8.79. The number of nitrogens with one attached hydrogen (secondary N) is 1. The van der Waals surface area contributed by atoms with Crippen molar-refractivity contribution in [3.05, 3.63) is 10.6 Å². The van der Waals surface area contributed by atoms with E-state index in [0.29, 0.717) is 6.04 Å². The molecule has 3 nitrogen and oxygen atoms in total. The predicted molar refractivity (Wildman–Crippen MR) is 91.3 cm³/mol. The number of aromatic nitrogens is 1. The minimum absolute atomic E-state index is 0.562. The van der Waals surface area contributed by atoms with Crippen LogP contribution in [0.2, 0.25) is 0 Å². The van der Waals surface area contributed by atoms with E-state index in [-0.39, 0.29) is 0 Å². The molecule has 1 aromatic heterocycles. The number of anilines is 1. The topological polar surface area (TPSA) is 28.2 Å². The summed E-state index contributed by atoms with van der Waals surface area (Å²) < 4.78 is 0. The molecule has 1 saturated heterocycles. The van der Waals surface area contributed by atoms with Crippen LogP contribution in [0.25, 0.3) is 0 Å². The summed E-state index contributed by atoms with van der Waals surface area (Å²) in [5, 5.41) is 5.01. The molecule has 2 unspecified atom stereocenters. The molecule has 3 rings (SSSR count). The molecule has 0 amide bonds. The van der Waals surface area contributed by atoms with Crippen LogP contribution in [0.15, 0.2) is 0 Å². The molecule has 1 fully saturated rings. The van der Waals surface area contributed by atoms with Crippen molar-refractivity contribution < 1.29 is 0 Å². The Kier molecular flexibility index (Phi) is 5.17. The number of aryl methyl sites for hydroxylation is 1. The molecule has 0 aromatic carbocycles. The van der Waals surface area contributed by atoms with Gasteiger partial charge in [0.2, 0.25) is 0 Å². The normalized spacial score (nSPS) is 25.9. The van der Waals surface area contributed by atoms with Gasteiger partial charge in [-0.2, -0.15) is 0 Å². The monoisotopic (exact) mass is 307 g/mol. The molecule has 4 heteroatoms. The Bertz CT molecular complexity index is 457. The van der Waals surface area contributed by atoms with Gasteiger partial charge in [0.25, 0.3) is 0 Å². The number of fused-ring (bicyclic) bond motifs is 1. The molecule has 1 aromatic rings. The third kappa shape index (κ3) is 3.42. The number of hydrogen-bond donors (Lipinski definition) is 1. The van der Waals surface area contributed by atoms with Crippen LogP contribution in [0.1, 0.15) is 69.0 Å². The third-order valence-electron chi connectivity index (χ3n) is 4.95. The van der Waals surface area contributed by atoms with E-state index in [1.807, 2.05) is 11.3 Å². The summed E-state index contributed by atoms with van der Waals surface area (Å²) in [6.45, 7) is 8.12. The summed E-state index contributed by atoms with van der Waals surface area (Å²) >= 11 is 1.97. The summed E-state index contributed by atoms with van der Waals surface area (Å²) in [5.41, 5.74) is 1.38. The van der Waals surface area contributed by atoms with Gasteiger partial charge in [-0.15, -0.1) is 0 Å². The van der Waals surface area contributed by atoms with Crippen LogP contribution < -0.4 is 10.2 Å². The largest absolute Gasteiger partial charge is 0.348 e. The van der Waals surface area contributed by atoms with E-state index < -0.39 is 0 Å². The van der Waals surface area contributed by atoms with Crippen molar-refractivity contribution in [1.82, 2.24) is 10.3 Å². The van der Waals surface area contributed by atoms with Crippen molar-refractivity contribution >= 4 is 16.5 Å². The van der Waals surface area contributed by atoms with Gasteiger partial charge in [-0.05, 0) is 51.0 Å². The highest BCUT2D eigenvalue weighted by Crippen LogP contribution is 2.38. The summed E-state index contributed by atoms with van der Waals surface area (Å²) in [5.74, 6) is 0.869. The fourth-order valence-electron chi connectivity index (χ4n) is 3.63. The molecule has 2 atom stereocenters. The van der Waals surface area contributed by atoms with Crippen molar-refractivity contribution in [1.29, 1.82) is 0 Å². The van der Waals surface area contributed by atoms with Gasteiger partial charge < -0.3 is 10.2 Å². The molecule has 2 aliphatic rings. The second kappa shape index (κ2) is 7.10. The molecule has 0 spiro atoms. The lowest BCUT2D eigenvalue weighted by Crippen LogP contribution is -2.35. The molecule has 0 bridgehead atoms. The molecular weight excluding hydrogens is 278 g/mol. The van der Waals surface area contributed by atoms with E-state index in [1.54, 1.807) is 0 Å². The summed E-state index contributed by atoms with van der Waals surface area (Å²) in [6, 6.07) is 0.562. The van der Waals surface area contributed by atoms with Crippen LogP contribution in [0.4, 0.5) is 5.13 Å². The van der Waals surface area contributed by atoms with Crippen molar-refractivity contribution in [2.45, 2.75) is 64.8 Å². The third-order valence-corrected chi connectivity index (χ3v) is 6.22. The molecule has 21 heavy (non-hydrogen) atoms. The van der Waals surface area contributed by atoms with E-state index in [2.05, 4.69) is 24.1 Å². The molecule has 2 heterocycles. The lowest BCUT2D eigenvalue weighted by atomic mass is 9.96. The molecule has 1 N–H and O–H groups in total. The lowest BCUT2D eigenvalue weighted by Gasteiger charge is -2.32. The van der Waals surface area contributed by atoms with Crippen LogP contribution >= 0.6 is 11.3 Å². The Balaban J connectivity index is 1.74. The van der Waals surface area contributed by atoms with Crippen LogP contribution in [-0.2, 0) is 6.42 Å². The zero-order valence-corrected chi connectivity index (χ0v) is 14.3. The summed E-state index contributed by atoms with van der Waals surface area (Å²) in [4.78, 5) is 9.09. The zero-order valence-electron chi connectivity index (χ0n) is 13.5. The minimum atomic E-state index is 0.562. The molecule has 0 saturated carbocycles. The van der Waals surface area contributed by atoms with E-state index in [0.717, 1.165) is 12.5 Å². The Hall–Kier alpha value is -0.610. The highest BCUT2D eigenvalue weighted by atomic mass is 32.1. The van der Waals surface area contributed by atoms with Crippen molar-refractivity contribution in [3.63, 3.8) is 0 Å². The lowest BCUT2D eigenvalue weighted by molar-refractivity contribution is 0.404. The standard InChI is InChI=1S/C17H29N3S/c1-3-10-18-14-8-5-9-15-16(14)21-17(19-15)20-11-6-7-13(4-2)12-20/h13-14,18H,3-12H2,1-2H3. The summed E-state index contributed by atoms with van der Waals surface area (Å²) in [7, 11) is 0. The summed E-state index contributed by atoms with van der Waals surface area (Å²) in [6.07, 6.45) is 9.01. The van der Waals surface area contributed by atoms with Gasteiger partial charge in [0, 0.05) is 24.0 Å². The molecule has 118 valence electrons. The average molecular weight is 308 g/mol. The Morgan fingerprint density at radius 3 is 3.00 bits per heavy atom. The molecular formula is C17H29N3S. The first-order valence-corrected chi connectivity index (χ1v) is 9.61. The van der Waals surface area contributed by atoms with Gasteiger partial charge >= 0.3 is 0 Å². The Morgan fingerprint density at radius 1 is 1.29 bits per heavy atom. The van der Waals surface area contributed by atoms with Gasteiger partial charge in [0.05, 0.1) is 5.69 Å². The van der Waals surface area contributed by atoms with Gasteiger partial charge in [-0.1, -0.05) is 31.6 Å². The average Bonchev–Trinajstić information content (AvgIpc) is 2.97. The van der Waals surface area contributed by atoms with E-state index in [4.69, 9.17) is 4.98 Å². The molecule has 0 radical (unpaired) electrons. The molecule has 1 aliphatic heterocycles. The number of piperidine rings is 1. The fraction of sp³-hybridized carbons (Fsp3) is 0.824. The van der Waals surface area contributed by atoms with Crippen molar-refractivity contribution in [3.8, 4) is 0 Å². The maximum absolute atomic E-state index is 5.01. The number of rotatable bonds is 5. The number of hydrogen-bond acceptors (Lipinski definition) is 4. The van der Waals surface area contributed by atoms with Crippen LogP contribution in [0.3, 0.4) is 0 Å². The molecule has 1 aliphatic carbocycles. The van der Waals surface area contributed by atoms with Crippen molar-refractivity contribution in [2.24, 2.45) is 5.92 Å². The predicted octanol–water partition coefficient (Wildman–Crippen LogP) is 4.15. The smallest absolute Gasteiger partial charge is 0.185 e. The maximum Gasteiger partial charge on any atom is 0.185 e. The van der Waals surface area contributed by atoms with Crippen molar-refractivity contribution in [2.75, 3.05) is 24.5 Å². The highest BCUT2D eigenvalue weighted by molar-refractivity contribution is 7.15. The van der Waals surface area contributed by atoms with E-state index >= 15 is 0 Å². The van der Waals surface area contributed by atoms with E-state index in [9.17, 15) is 0 Å². The fourth-order valence-corrected chi connectivity index (χ4v) is 4.88. The van der Waals surface area contributed by atoms with E-state index in [1.165, 1.54) is 73.7 Å². The second-order valence-electron chi connectivity index (χ2n) is 6.57. The Morgan fingerprint density at radius 2 is 2.19 bits per heavy atom. The minimum Gasteiger partial charge on any atom is -0.348 e. The number of thiazole rings is 1. The van der Waals surface area contributed by atoms with Crippen LogP contribution in [0.5, 0.6) is 0 Å². The first-order chi connectivity index (χ1) is 10.3. The van der Waals surface area contributed by atoms with Gasteiger partial charge in [0.1, 0.15) is 0 Å². The van der Waals surface area contributed by atoms with Gasteiger partial charge in [-0.3, -0.25) is 0 Å². The van der Waals surface area contributed by atoms with Gasteiger partial charge in [0.15, 0.2) is 5.13 Å². The zero-order chi connectivity index (χ0) is 14.7. The maximum atomic E-state index is 5.01. The van der Waals surface area contributed by atoms with Gasteiger partial charge in [-0.25, -0.2) is 4.98 Å². The van der Waals surface area contributed by atoms with Crippen LogP contribution in [-0.4, -0.2) is 24.6 Å². The number of nitrogens with zero attached hydrogens (tertiary/aromatic N) is 2. The first kappa shape index (κ1) is 15.3. The SMILES string of the molecule is CCCNC1CCCc2nc(N3CCCC(CC)C3)sc21. The Labute approximate surface area is 133 Å². The highest BCUT2D eigenvalue weighted by Gasteiger charge is 2.27.